The molecule has 11 heteroatoms. The number of halogens is 1. The normalized spacial score (nSPS) is 20.9. The van der Waals surface area contributed by atoms with Gasteiger partial charge in [0, 0.05) is 43.1 Å². The molecule has 1 amide bonds. The molecule has 3 heterocycles. The minimum atomic E-state index is -0.387. The van der Waals surface area contributed by atoms with Crippen LogP contribution in [0.25, 0.3) is 27.8 Å². The number of nitrogens with zero attached hydrogens (tertiary/aromatic N) is 6. The first kappa shape index (κ1) is 23.6. The van der Waals surface area contributed by atoms with Gasteiger partial charge in [0.15, 0.2) is 5.65 Å². The Balaban J connectivity index is 1.53. The van der Waals surface area contributed by atoms with Crippen molar-refractivity contribution >= 4 is 49.9 Å². The lowest BCUT2D eigenvalue weighted by atomic mass is 9.87. The van der Waals surface area contributed by atoms with E-state index < -0.39 is 0 Å². The van der Waals surface area contributed by atoms with Crippen LogP contribution in [0.5, 0.6) is 0 Å². The first-order valence-corrected chi connectivity index (χ1v) is 12.5. The van der Waals surface area contributed by atoms with Crippen molar-refractivity contribution in [2.45, 2.75) is 51.6 Å². The summed E-state index contributed by atoms with van der Waals surface area (Å²) in [6.07, 6.45) is 8.28. The predicted molar refractivity (Wildman–Crippen MR) is 138 cm³/mol. The predicted octanol–water partition coefficient (Wildman–Crippen LogP) is 3.65. The average Bonchev–Trinajstić information content (AvgIpc) is 3.42. The fourth-order valence-corrected chi connectivity index (χ4v) is 5.32. The van der Waals surface area contributed by atoms with Gasteiger partial charge >= 0.3 is 0 Å². The van der Waals surface area contributed by atoms with Crippen LogP contribution in [0.15, 0.2) is 35.3 Å². The first-order chi connectivity index (χ1) is 16.8. The Morgan fingerprint density at radius 3 is 2.89 bits per heavy atom. The van der Waals surface area contributed by atoms with Crippen LogP contribution in [0.1, 0.15) is 51.1 Å². The molecular formula is C24H28BrN9O. The van der Waals surface area contributed by atoms with Crippen molar-refractivity contribution < 1.29 is 4.79 Å². The van der Waals surface area contributed by atoms with Crippen molar-refractivity contribution in [2.24, 2.45) is 11.1 Å². The molecule has 0 radical (unpaired) electrons. The van der Waals surface area contributed by atoms with E-state index >= 15 is 0 Å². The van der Waals surface area contributed by atoms with Gasteiger partial charge in [0.2, 0.25) is 11.9 Å². The van der Waals surface area contributed by atoms with Crippen molar-refractivity contribution in [3.05, 3.63) is 40.9 Å². The molecule has 1 fully saturated rings. The van der Waals surface area contributed by atoms with Crippen LogP contribution in [0.2, 0.25) is 0 Å². The zero-order valence-electron chi connectivity index (χ0n) is 19.9. The zero-order chi connectivity index (χ0) is 24.7. The number of amides is 1. The van der Waals surface area contributed by atoms with Crippen LogP contribution < -0.4 is 16.4 Å². The van der Waals surface area contributed by atoms with E-state index in [1.807, 2.05) is 26.0 Å². The molecule has 10 nitrogen and oxygen atoms in total. The van der Waals surface area contributed by atoms with Crippen LogP contribution in [0, 0.1) is 5.41 Å². The SMILES string of the molecule is CCC(N)c1cc(-n2nc(Br)c3cnc(N[C@@H]4CC[C@@](C)(C(=O)NC)C4)nc32)cc2nccnc12. The van der Waals surface area contributed by atoms with Gasteiger partial charge in [-0.2, -0.15) is 10.1 Å². The second-order valence-electron chi connectivity index (χ2n) is 9.33. The fraction of sp³-hybridized carbons (Fsp3) is 0.417. The molecule has 3 atom stereocenters. The van der Waals surface area contributed by atoms with E-state index in [0.717, 1.165) is 53.4 Å². The van der Waals surface area contributed by atoms with E-state index in [9.17, 15) is 4.79 Å². The molecule has 1 unspecified atom stereocenters. The Bertz CT molecular complexity index is 1420. The lowest BCUT2D eigenvalue weighted by Crippen LogP contribution is -2.35. The van der Waals surface area contributed by atoms with Gasteiger partial charge in [-0.3, -0.25) is 14.8 Å². The smallest absolute Gasteiger partial charge is 0.225 e. The third-order valence-electron chi connectivity index (χ3n) is 6.90. The molecule has 0 spiro atoms. The Labute approximate surface area is 211 Å². The number of rotatable bonds is 6. The van der Waals surface area contributed by atoms with Gasteiger partial charge in [0.1, 0.15) is 4.60 Å². The molecule has 1 aliphatic rings. The second-order valence-corrected chi connectivity index (χ2v) is 10.1. The lowest BCUT2D eigenvalue weighted by Gasteiger charge is -2.22. The summed E-state index contributed by atoms with van der Waals surface area (Å²) in [5, 5.41) is 11.7. The summed E-state index contributed by atoms with van der Waals surface area (Å²) >= 11 is 3.55. The lowest BCUT2D eigenvalue weighted by molar-refractivity contribution is -0.129. The quantitative estimate of drug-likeness (QED) is 0.339. The van der Waals surface area contributed by atoms with Gasteiger partial charge in [0.05, 0.1) is 22.1 Å². The molecule has 0 aliphatic heterocycles. The largest absolute Gasteiger partial charge is 0.359 e. The molecule has 4 N–H and O–H groups in total. The Morgan fingerprint density at radius 1 is 1.31 bits per heavy atom. The summed E-state index contributed by atoms with van der Waals surface area (Å²) in [7, 11) is 1.68. The second kappa shape index (κ2) is 9.12. The maximum absolute atomic E-state index is 12.3. The number of hydrogen-bond donors (Lipinski definition) is 3. The summed E-state index contributed by atoms with van der Waals surface area (Å²) < 4.78 is 2.42. The van der Waals surface area contributed by atoms with E-state index in [1.165, 1.54) is 0 Å². The van der Waals surface area contributed by atoms with Crippen molar-refractivity contribution in [3.8, 4) is 5.69 Å². The van der Waals surface area contributed by atoms with Crippen LogP contribution in [0.3, 0.4) is 0 Å². The number of carbonyl (C=O) groups is 1. The third kappa shape index (κ3) is 4.23. The highest BCUT2D eigenvalue weighted by Gasteiger charge is 2.41. The van der Waals surface area contributed by atoms with Crippen LogP contribution >= 0.6 is 15.9 Å². The monoisotopic (exact) mass is 537 g/mol. The van der Waals surface area contributed by atoms with Crippen LogP contribution in [-0.2, 0) is 4.79 Å². The standard InChI is InChI=1S/C24H28BrN9O/c1-4-17(26)15-9-14(10-18-19(15)29-8-7-28-18)34-21-16(20(25)33-34)12-30-23(32-21)31-13-5-6-24(2,11-13)22(35)27-3/h7-10,12-13,17H,4-6,11,26H2,1-3H3,(H,27,35)(H,30,31,32)/t13-,17?,24-/m1/s1. The number of nitrogens with two attached hydrogens (primary N) is 1. The van der Waals surface area contributed by atoms with Gasteiger partial charge in [-0.25, -0.2) is 9.67 Å². The minimum Gasteiger partial charge on any atom is -0.359 e. The van der Waals surface area contributed by atoms with E-state index in [1.54, 1.807) is 30.3 Å². The van der Waals surface area contributed by atoms with Crippen molar-refractivity contribution in [3.63, 3.8) is 0 Å². The maximum atomic E-state index is 12.3. The van der Waals surface area contributed by atoms with E-state index in [4.69, 9.17) is 10.7 Å². The molecular weight excluding hydrogens is 510 g/mol. The zero-order valence-corrected chi connectivity index (χ0v) is 21.5. The molecule has 0 bridgehead atoms. The molecule has 1 aliphatic carbocycles. The number of aromatic nitrogens is 6. The topological polar surface area (TPSA) is 137 Å². The minimum absolute atomic E-state index is 0.0701. The van der Waals surface area contributed by atoms with Gasteiger partial charge in [-0.15, -0.1) is 0 Å². The number of hydrogen-bond acceptors (Lipinski definition) is 8. The first-order valence-electron chi connectivity index (χ1n) is 11.7. The van der Waals surface area contributed by atoms with E-state index in [-0.39, 0.29) is 23.4 Å². The van der Waals surface area contributed by atoms with Gasteiger partial charge in [-0.1, -0.05) is 13.8 Å². The van der Waals surface area contributed by atoms with Gasteiger partial charge in [-0.05, 0) is 59.3 Å². The third-order valence-corrected chi connectivity index (χ3v) is 7.49. The summed E-state index contributed by atoms with van der Waals surface area (Å²) in [6.45, 7) is 4.05. The summed E-state index contributed by atoms with van der Waals surface area (Å²) in [5.41, 5.74) is 9.94. The average molecular weight is 538 g/mol. The molecule has 1 saturated carbocycles. The highest BCUT2D eigenvalue weighted by molar-refractivity contribution is 9.10. The van der Waals surface area contributed by atoms with Crippen LogP contribution in [0.4, 0.5) is 5.95 Å². The highest BCUT2D eigenvalue weighted by atomic mass is 79.9. The number of benzene rings is 1. The molecule has 35 heavy (non-hydrogen) atoms. The molecule has 182 valence electrons. The van der Waals surface area contributed by atoms with Gasteiger partial charge < -0.3 is 16.4 Å². The number of anilines is 1. The fourth-order valence-electron chi connectivity index (χ4n) is 4.88. The Kier molecular flexibility index (Phi) is 6.14. The van der Waals surface area contributed by atoms with E-state index in [0.29, 0.717) is 16.2 Å². The van der Waals surface area contributed by atoms with Gasteiger partial charge in [0.25, 0.3) is 0 Å². The molecule has 3 aromatic heterocycles. The van der Waals surface area contributed by atoms with E-state index in [2.05, 4.69) is 46.6 Å². The van der Waals surface area contributed by atoms with Crippen molar-refractivity contribution in [1.82, 2.24) is 35.0 Å². The summed E-state index contributed by atoms with van der Waals surface area (Å²) in [4.78, 5) is 30.6. The molecule has 5 rings (SSSR count). The van der Waals surface area contributed by atoms with Crippen LogP contribution in [-0.4, -0.2) is 48.7 Å². The number of nitrogens with one attached hydrogen (secondary N) is 2. The summed E-state index contributed by atoms with van der Waals surface area (Å²) in [6, 6.07) is 3.88. The molecule has 1 aromatic carbocycles. The number of carbonyl (C=O) groups excluding carboxylic acids is 1. The molecule has 0 saturated heterocycles. The van der Waals surface area contributed by atoms with Crippen molar-refractivity contribution in [1.29, 1.82) is 0 Å². The van der Waals surface area contributed by atoms with Crippen molar-refractivity contribution in [2.75, 3.05) is 12.4 Å². The number of fused-ring (bicyclic) bond motifs is 2. The highest BCUT2D eigenvalue weighted by Crippen LogP contribution is 2.39. The molecule has 4 aromatic rings. The Hall–Kier alpha value is -3.18. The summed E-state index contributed by atoms with van der Waals surface area (Å²) in [5.74, 6) is 0.573. The maximum Gasteiger partial charge on any atom is 0.225 e. The Morgan fingerprint density at radius 2 is 2.11 bits per heavy atom.